The quantitative estimate of drug-likeness (QED) is 0.805. The van der Waals surface area contributed by atoms with E-state index in [-0.39, 0.29) is 24.2 Å². The van der Waals surface area contributed by atoms with Crippen molar-refractivity contribution in [1.29, 1.82) is 0 Å². The molecule has 1 aromatic heterocycles. The fourth-order valence-electron chi connectivity index (χ4n) is 3.01. The van der Waals surface area contributed by atoms with Crippen LogP contribution in [0.25, 0.3) is 0 Å². The number of furan rings is 1. The first kappa shape index (κ1) is 17.2. The van der Waals surface area contributed by atoms with Crippen LogP contribution in [0, 0.1) is 5.92 Å². The van der Waals surface area contributed by atoms with Crippen LogP contribution in [-0.4, -0.2) is 34.9 Å². The van der Waals surface area contributed by atoms with Crippen molar-refractivity contribution < 1.29 is 19.1 Å². The van der Waals surface area contributed by atoms with Crippen LogP contribution in [0.2, 0.25) is 0 Å². The number of nitrogens with one attached hydrogen (secondary N) is 1. The molecule has 1 aliphatic rings. The zero-order valence-electron chi connectivity index (χ0n) is 13.9. The molecule has 2 amide bonds. The summed E-state index contributed by atoms with van der Waals surface area (Å²) in [6.45, 7) is 1.16. The zero-order valence-corrected chi connectivity index (χ0v) is 13.9. The summed E-state index contributed by atoms with van der Waals surface area (Å²) in [4.78, 5) is 25.9. The van der Waals surface area contributed by atoms with Gasteiger partial charge in [-0.25, -0.2) is 0 Å². The minimum atomic E-state index is -0.609. The lowest BCUT2D eigenvalue weighted by molar-refractivity contribution is -0.129. The van der Waals surface area contributed by atoms with E-state index < -0.39 is 6.10 Å². The van der Waals surface area contributed by atoms with Gasteiger partial charge in [0.05, 0.1) is 24.8 Å². The van der Waals surface area contributed by atoms with E-state index in [1.54, 1.807) is 17.2 Å². The lowest BCUT2D eigenvalue weighted by Gasteiger charge is -2.15. The van der Waals surface area contributed by atoms with Crippen LogP contribution in [0.5, 0.6) is 0 Å². The third-order valence-electron chi connectivity index (χ3n) is 4.41. The summed E-state index contributed by atoms with van der Waals surface area (Å²) < 4.78 is 5.25. The van der Waals surface area contributed by atoms with Crippen molar-refractivity contribution in [2.45, 2.75) is 25.5 Å². The average Bonchev–Trinajstić information content (AvgIpc) is 3.26. The first-order valence-corrected chi connectivity index (χ1v) is 8.44. The Hall–Kier alpha value is -2.60. The number of aliphatic hydroxyl groups excluding tert-OH is 1. The van der Waals surface area contributed by atoms with Crippen molar-refractivity contribution in [2.75, 3.05) is 13.1 Å². The summed E-state index contributed by atoms with van der Waals surface area (Å²) in [6.07, 6.45) is 1.61. The number of likely N-dealkylation sites (tertiary alicyclic amines) is 1. The molecule has 1 aliphatic heterocycles. The van der Waals surface area contributed by atoms with Crippen LogP contribution < -0.4 is 5.32 Å². The molecule has 2 aromatic rings. The minimum absolute atomic E-state index is 0.0409. The Balaban J connectivity index is 1.43. The molecule has 6 nitrogen and oxygen atoms in total. The number of hydrogen-bond acceptors (Lipinski definition) is 4. The molecule has 132 valence electrons. The second kappa shape index (κ2) is 7.98. The van der Waals surface area contributed by atoms with E-state index in [0.29, 0.717) is 31.8 Å². The summed E-state index contributed by atoms with van der Waals surface area (Å²) in [5, 5.41) is 12.9. The molecule has 0 aliphatic carbocycles. The van der Waals surface area contributed by atoms with Crippen LogP contribution in [0.4, 0.5) is 0 Å². The van der Waals surface area contributed by atoms with Gasteiger partial charge in [-0.1, -0.05) is 30.3 Å². The number of benzene rings is 1. The van der Waals surface area contributed by atoms with Crippen molar-refractivity contribution in [3.05, 3.63) is 60.1 Å². The van der Waals surface area contributed by atoms with Gasteiger partial charge >= 0.3 is 0 Å². The number of hydrogen-bond donors (Lipinski definition) is 2. The van der Waals surface area contributed by atoms with E-state index in [2.05, 4.69) is 5.32 Å². The SMILES string of the molecule is O=C(NCCC(O)c1ccccc1)C1CC(=O)N(Cc2ccco2)C1. The van der Waals surface area contributed by atoms with Crippen LogP contribution in [-0.2, 0) is 16.1 Å². The molecule has 1 saturated heterocycles. The maximum Gasteiger partial charge on any atom is 0.225 e. The number of carbonyl (C=O) groups excluding carboxylic acids is 2. The second-order valence-electron chi connectivity index (χ2n) is 6.26. The highest BCUT2D eigenvalue weighted by molar-refractivity contribution is 5.89. The summed E-state index contributed by atoms with van der Waals surface area (Å²) in [5.74, 6) is 0.174. The van der Waals surface area contributed by atoms with E-state index in [1.807, 2.05) is 36.4 Å². The molecule has 2 atom stereocenters. The number of carbonyl (C=O) groups is 2. The first-order valence-electron chi connectivity index (χ1n) is 8.44. The monoisotopic (exact) mass is 342 g/mol. The third kappa shape index (κ3) is 4.48. The van der Waals surface area contributed by atoms with Crippen molar-refractivity contribution in [3.63, 3.8) is 0 Å². The zero-order chi connectivity index (χ0) is 17.6. The fraction of sp³-hybridized carbons (Fsp3) is 0.368. The van der Waals surface area contributed by atoms with Gasteiger partial charge in [-0.2, -0.15) is 0 Å². The van der Waals surface area contributed by atoms with Crippen LogP contribution in [0.1, 0.15) is 30.3 Å². The molecule has 1 fully saturated rings. The van der Waals surface area contributed by atoms with Crippen molar-refractivity contribution in [2.24, 2.45) is 5.92 Å². The molecule has 1 aromatic carbocycles. The van der Waals surface area contributed by atoms with Gasteiger partial charge in [0.1, 0.15) is 5.76 Å². The van der Waals surface area contributed by atoms with Crippen molar-refractivity contribution in [3.8, 4) is 0 Å². The molecule has 6 heteroatoms. The Kier molecular flexibility index (Phi) is 5.50. The van der Waals surface area contributed by atoms with E-state index in [1.165, 1.54) is 0 Å². The number of aliphatic hydroxyl groups is 1. The molecule has 0 bridgehead atoms. The molecular weight excluding hydrogens is 320 g/mol. The number of amides is 2. The Bertz CT molecular complexity index is 699. The topological polar surface area (TPSA) is 82.8 Å². The van der Waals surface area contributed by atoms with E-state index in [9.17, 15) is 14.7 Å². The van der Waals surface area contributed by atoms with Gasteiger partial charge in [0.15, 0.2) is 0 Å². The highest BCUT2D eigenvalue weighted by Gasteiger charge is 2.34. The fourth-order valence-corrected chi connectivity index (χ4v) is 3.01. The lowest BCUT2D eigenvalue weighted by atomic mass is 10.1. The standard InChI is InChI=1S/C19H22N2O4/c22-17(14-5-2-1-3-6-14)8-9-20-19(24)15-11-18(23)21(12-15)13-16-7-4-10-25-16/h1-7,10,15,17,22H,8-9,11-13H2,(H,20,24). The molecule has 0 radical (unpaired) electrons. The Morgan fingerprint density at radius 3 is 2.80 bits per heavy atom. The Morgan fingerprint density at radius 1 is 1.28 bits per heavy atom. The van der Waals surface area contributed by atoms with Gasteiger partial charge in [0.2, 0.25) is 11.8 Å². The number of nitrogens with zero attached hydrogens (tertiary/aromatic N) is 1. The van der Waals surface area contributed by atoms with Crippen LogP contribution >= 0.6 is 0 Å². The molecule has 2 N–H and O–H groups in total. The molecular formula is C19H22N2O4. The van der Waals surface area contributed by atoms with Crippen LogP contribution in [0.15, 0.2) is 53.1 Å². The van der Waals surface area contributed by atoms with E-state index >= 15 is 0 Å². The van der Waals surface area contributed by atoms with Gasteiger partial charge in [-0.15, -0.1) is 0 Å². The predicted octanol–water partition coefficient (Wildman–Crippen LogP) is 1.87. The molecule has 25 heavy (non-hydrogen) atoms. The third-order valence-corrected chi connectivity index (χ3v) is 4.41. The average molecular weight is 342 g/mol. The summed E-state index contributed by atoms with van der Waals surface area (Å²) in [7, 11) is 0. The number of rotatable bonds is 7. The van der Waals surface area contributed by atoms with Gasteiger partial charge < -0.3 is 19.7 Å². The maximum absolute atomic E-state index is 12.3. The van der Waals surface area contributed by atoms with Gasteiger partial charge in [0, 0.05) is 19.5 Å². The molecule has 0 saturated carbocycles. The van der Waals surface area contributed by atoms with Crippen molar-refractivity contribution >= 4 is 11.8 Å². The Morgan fingerprint density at radius 2 is 2.08 bits per heavy atom. The molecule has 3 rings (SSSR count). The smallest absolute Gasteiger partial charge is 0.225 e. The second-order valence-corrected chi connectivity index (χ2v) is 6.26. The summed E-state index contributed by atoms with van der Waals surface area (Å²) in [6, 6.07) is 12.9. The van der Waals surface area contributed by atoms with Crippen LogP contribution in [0.3, 0.4) is 0 Å². The Labute approximate surface area is 146 Å². The summed E-state index contributed by atoms with van der Waals surface area (Å²) >= 11 is 0. The largest absolute Gasteiger partial charge is 0.467 e. The van der Waals surface area contributed by atoms with Gasteiger partial charge in [-0.05, 0) is 24.1 Å². The first-order chi connectivity index (χ1) is 12.1. The highest BCUT2D eigenvalue weighted by Crippen LogP contribution is 2.21. The molecule has 0 spiro atoms. The summed E-state index contributed by atoms with van der Waals surface area (Å²) in [5.41, 5.74) is 0.831. The van der Waals surface area contributed by atoms with E-state index in [4.69, 9.17) is 4.42 Å². The van der Waals surface area contributed by atoms with Gasteiger partial charge in [0.25, 0.3) is 0 Å². The van der Waals surface area contributed by atoms with Crippen molar-refractivity contribution in [1.82, 2.24) is 10.2 Å². The minimum Gasteiger partial charge on any atom is -0.467 e. The normalized spacial score (nSPS) is 18.4. The van der Waals surface area contributed by atoms with E-state index in [0.717, 1.165) is 5.56 Å². The maximum atomic E-state index is 12.3. The lowest BCUT2D eigenvalue weighted by Crippen LogP contribution is -2.33. The molecule has 2 unspecified atom stereocenters. The highest BCUT2D eigenvalue weighted by atomic mass is 16.3. The molecule has 2 heterocycles. The predicted molar refractivity (Wildman–Crippen MR) is 91.3 cm³/mol. The van der Waals surface area contributed by atoms with Gasteiger partial charge in [-0.3, -0.25) is 9.59 Å².